The number of carbonyl (C=O) groups is 3. The topological polar surface area (TPSA) is 208 Å². The zero-order chi connectivity index (χ0) is 27.9. The lowest BCUT2D eigenvalue weighted by Gasteiger charge is -2.44. The quantitative estimate of drug-likeness (QED) is 0.117. The fourth-order valence-corrected chi connectivity index (χ4v) is 6.51. The first kappa shape index (κ1) is 25.4. The van der Waals surface area contributed by atoms with E-state index < -0.39 is 35.5 Å². The van der Waals surface area contributed by atoms with Gasteiger partial charge in [0.15, 0.2) is 5.96 Å². The number of fused-ring (bicyclic) bond motifs is 1. The highest BCUT2D eigenvalue weighted by Crippen LogP contribution is 2.43. The Balaban J connectivity index is 1.32. The summed E-state index contributed by atoms with van der Waals surface area (Å²) in [6, 6.07) is 2.35. The first-order valence-corrected chi connectivity index (χ1v) is 13.0. The molecule has 0 aliphatic carbocycles. The molecule has 1 spiro atoms. The van der Waals surface area contributed by atoms with E-state index >= 15 is 0 Å². The van der Waals surface area contributed by atoms with E-state index in [2.05, 4.69) is 34.8 Å². The second-order valence-electron chi connectivity index (χ2n) is 11.4. The Morgan fingerprint density at radius 2 is 1.97 bits per heavy atom. The van der Waals surface area contributed by atoms with Crippen molar-refractivity contribution in [2.45, 2.75) is 68.1 Å². The lowest BCUT2D eigenvalue weighted by Crippen LogP contribution is -2.79. The molecule has 0 radical (unpaired) electrons. The second kappa shape index (κ2) is 8.29. The number of likely N-dealkylation sites (tertiary alicyclic amines) is 1. The van der Waals surface area contributed by atoms with Gasteiger partial charge in [0, 0.05) is 18.4 Å². The molecule has 0 bridgehead atoms. The van der Waals surface area contributed by atoms with Gasteiger partial charge in [0.1, 0.15) is 23.9 Å². The van der Waals surface area contributed by atoms with E-state index in [-0.39, 0.29) is 60.6 Å². The minimum Gasteiger partial charge on any atom is -0.492 e. The van der Waals surface area contributed by atoms with E-state index in [4.69, 9.17) is 16.2 Å². The van der Waals surface area contributed by atoms with Gasteiger partial charge in [0.05, 0.1) is 25.3 Å². The van der Waals surface area contributed by atoms with E-state index in [9.17, 15) is 24.6 Å². The molecule has 2 fully saturated rings. The van der Waals surface area contributed by atoms with E-state index in [1.807, 2.05) is 6.07 Å². The maximum Gasteiger partial charge on any atom is 0.346 e. The number of para-hydroxylation sites is 1. The first-order chi connectivity index (χ1) is 18.4. The van der Waals surface area contributed by atoms with E-state index in [1.165, 1.54) is 4.58 Å². The number of carbonyl (C=O) groups excluding carboxylic acids is 3. The molecule has 3 amide bonds. The molecule has 9 N–H and O–H groups in total. The van der Waals surface area contributed by atoms with E-state index in [0.717, 1.165) is 16.9 Å². The van der Waals surface area contributed by atoms with Crippen LogP contribution in [-0.4, -0.2) is 98.6 Å². The highest BCUT2D eigenvalue weighted by atomic mass is 16.5. The summed E-state index contributed by atoms with van der Waals surface area (Å²) in [5, 5.41) is 32.0. The van der Waals surface area contributed by atoms with Gasteiger partial charge < -0.3 is 31.3 Å². The summed E-state index contributed by atoms with van der Waals surface area (Å²) in [5.41, 5.74) is 11.6. The fourth-order valence-electron chi connectivity index (χ4n) is 6.51. The largest absolute Gasteiger partial charge is 0.492 e. The number of imide groups is 1. The Morgan fingerprint density at radius 3 is 2.69 bits per heavy atom. The van der Waals surface area contributed by atoms with Crippen LogP contribution in [0.15, 0.2) is 23.2 Å². The summed E-state index contributed by atoms with van der Waals surface area (Å²) in [6.07, 6.45) is 1.02. The van der Waals surface area contributed by atoms with Crippen LogP contribution >= 0.6 is 0 Å². The maximum absolute atomic E-state index is 13.5. The molecule has 5 heterocycles. The molecule has 0 aromatic heterocycles. The van der Waals surface area contributed by atoms with Crippen LogP contribution < -0.4 is 32.2 Å². The number of aliphatic hydroxyl groups is 2. The molecule has 2 saturated heterocycles. The molecule has 1 aromatic rings. The highest BCUT2D eigenvalue weighted by molar-refractivity contribution is 6.02. The minimum atomic E-state index is -2.63. The Bertz CT molecular complexity index is 1340. The molecule has 5 aliphatic heterocycles. The standard InChI is InChI=1S/C25H32N8O6/c1-23(2)8-9-39-18-12(4-3-5-13(18)23)20(36)29-15-11-33-22(27)28-14(10-32-16(34)6-7-17(32)35)19-24(33,25(15,37)38)31-21(26)30-19/h3-5,14-15,19,37-38H,6-11H2,1-2H3,(H6,26,27,28,29,30,31,36)/p+1/t14-,15?,19?,24?/m0/s1. The molecule has 4 atom stereocenters. The summed E-state index contributed by atoms with van der Waals surface area (Å²) >= 11 is 0. The highest BCUT2D eigenvalue weighted by Gasteiger charge is 2.75. The van der Waals surface area contributed by atoms with Crippen LogP contribution in [0.3, 0.4) is 0 Å². The van der Waals surface area contributed by atoms with Gasteiger partial charge in [0.2, 0.25) is 23.3 Å². The zero-order valence-electron chi connectivity index (χ0n) is 21.7. The van der Waals surface area contributed by atoms with Crippen LogP contribution in [0.5, 0.6) is 5.75 Å². The smallest absolute Gasteiger partial charge is 0.346 e. The van der Waals surface area contributed by atoms with Gasteiger partial charge in [-0.1, -0.05) is 26.0 Å². The average molecular weight is 542 g/mol. The molecular formula is C25H33N8O6+. The van der Waals surface area contributed by atoms with Gasteiger partial charge in [-0.25, -0.2) is 9.57 Å². The molecule has 0 saturated carbocycles. The van der Waals surface area contributed by atoms with Crippen molar-refractivity contribution >= 4 is 29.6 Å². The van der Waals surface area contributed by atoms with Crippen molar-refractivity contribution in [2.75, 3.05) is 19.7 Å². The number of rotatable bonds is 4. The number of guanidine groups is 2. The number of ether oxygens (including phenoxy) is 1. The van der Waals surface area contributed by atoms with Crippen LogP contribution in [0.2, 0.25) is 0 Å². The van der Waals surface area contributed by atoms with E-state index in [0.29, 0.717) is 12.4 Å². The molecule has 14 nitrogen and oxygen atoms in total. The zero-order valence-corrected chi connectivity index (χ0v) is 21.7. The number of hydrogen-bond acceptors (Lipinski definition) is 11. The number of hydrogen-bond donors (Lipinski definition) is 7. The van der Waals surface area contributed by atoms with Gasteiger partial charge in [-0.05, 0) is 17.9 Å². The average Bonchev–Trinajstić information content (AvgIpc) is 3.46. The van der Waals surface area contributed by atoms with Gasteiger partial charge in [-0.15, -0.1) is 0 Å². The van der Waals surface area contributed by atoms with Crippen molar-refractivity contribution in [2.24, 2.45) is 16.5 Å². The summed E-state index contributed by atoms with van der Waals surface area (Å²) in [6.45, 7) is 4.43. The summed E-state index contributed by atoms with van der Waals surface area (Å²) in [7, 11) is 0. The van der Waals surface area contributed by atoms with Crippen LogP contribution in [0.1, 0.15) is 49.0 Å². The molecule has 14 heteroatoms. The first-order valence-electron chi connectivity index (χ1n) is 13.0. The molecule has 3 unspecified atom stereocenters. The van der Waals surface area contributed by atoms with Crippen molar-refractivity contribution < 1.29 is 33.9 Å². The number of nitrogens with one attached hydrogen (secondary N) is 3. The third-order valence-electron chi connectivity index (χ3n) is 8.67. The van der Waals surface area contributed by atoms with Crippen LogP contribution in [0, 0.1) is 0 Å². The Morgan fingerprint density at radius 1 is 1.26 bits per heavy atom. The number of benzene rings is 1. The van der Waals surface area contributed by atoms with Crippen molar-refractivity contribution in [3.8, 4) is 5.75 Å². The third-order valence-corrected chi connectivity index (χ3v) is 8.67. The van der Waals surface area contributed by atoms with E-state index in [1.54, 1.807) is 12.1 Å². The van der Waals surface area contributed by atoms with Crippen LogP contribution in [0.4, 0.5) is 0 Å². The predicted octanol–water partition coefficient (Wildman–Crippen LogP) is -3.03. The SMILES string of the molecule is CC1(C)CCOc2c(C(=O)NC3C[N+]4=C(N)N[C@@H](CN5C(=O)CCC5=O)C5N=C(N)NC54C3(O)O)cccc21. The summed E-state index contributed by atoms with van der Waals surface area (Å²) in [4.78, 5) is 43.6. The molecule has 39 heavy (non-hydrogen) atoms. The summed E-state index contributed by atoms with van der Waals surface area (Å²) in [5.74, 6) is -3.37. The van der Waals surface area contributed by atoms with Crippen molar-refractivity contribution in [3.63, 3.8) is 0 Å². The number of nitrogens with two attached hydrogens (primary N) is 2. The molecule has 208 valence electrons. The molecule has 5 aliphatic rings. The third kappa shape index (κ3) is 3.50. The number of nitrogens with zero attached hydrogens (tertiary/aromatic N) is 3. The number of aliphatic imine (C=N–C) groups is 1. The van der Waals surface area contributed by atoms with Gasteiger partial charge in [-0.2, -0.15) is 0 Å². The van der Waals surface area contributed by atoms with Crippen molar-refractivity contribution in [3.05, 3.63) is 29.3 Å². The lowest BCUT2D eigenvalue weighted by molar-refractivity contribution is -0.623. The molecular weight excluding hydrogens is 508 g/mol. The normalized spacial score (nSPS) is 31.9. The monoisotopic (exact) mass is 541 g/mol. The van der Waals surface area contributed by atoms with Crippen molar-refractivity contribution in [1.29, 1.82) is 0 Å². The number of amides is 3. The molecule has 6 rings (SSSR count). The Hall–Kier alpha value is -3.91. The van der Waals surface area contributed by atoms with Gasteiger partial charge >= 0.3 is 5.96 Å². The van der Waals surface area contributed by atoms with Crippen LogP contribution in [0.25, 0.3) is 0 Å². The van der Waals surface area contributed by atoms with Crippen LogP contribution in [-0.2, 0) is 15.0 Å². The molecule has 1 aromatic carbocycles. The minimum absolute atomic E-state index is 0.0548. The van der Waals surface area contributed by atoms with Crippen molar-refractivity contribution in [1.82, 2.24) is 20.9 Å². The lowest BCUT2D eigenvalue weighted by atomic mass is 9.79. The second-order valence-corrected chi connectivity index (χ2v) is 11.4. The van der Waals surface area contributed by atoms with Gasteiger partial charge in [-0.3, -0.25) is 30.3 Å². The van der Waals surface area contributed by atoms with Gasteiger partial charge in [0.25, 0.3) is 5.91 Å². The Labute approximate surface area is 224 Å². The maximum atomic E-state index is 13.5. The predicted molar refractivity (Wildman–Crippen MR) is 136 cm³/mol. The Kier molecular flexibility index (Phi) is 5.40. The fraction of sp³-hybridized carbons (Fsp3) is 0.560. The summed E-state index contributed by atoms with van der Waals surface area (Å²) < 4.78 is 7.35.